The summed E-state index contributed by atoms with van der Waals surface area (Å²) in [7, 11) is 0. The van der Waals surface area contributed by atoms with Gasteiger partial charge >= 0.3 is 0 Å². The van der Waals surface area contributed by atoms with Crippen LogP contribution in [0.2, 0.25) is 5.02 Å². The summed E-state index contributed by atoms with van der Waals surface area (Å²) in [4.78, 5) is 3.84. The molecule has 1 aliphatic heterocycles. The van der Waals surface area contributed by atoms with Gasteiger partial charge in [0, 0.05) is 11.4 Å². The van der Waals surface area contributed by atoms with Crippen LogP contribution in [-0.4, -0.2) is 31.1 Å². The Morgan fingerprint density at radius 1 is 1.47 bits per heavy atom. The summed E-state index contributed by atoms with van der Waals surface area (Å²) >= 11 is 7.90. The standard InChI is InChI=1S/C13H21ClN2S/c1-2-15-9-11-3-6-16(7-4-11)10-13-12(14)5-8-17-13/h5,8,11,15H,2-4,6-7,9-10H2,1H3. The van der Waals surface area contributed by atoms with Gasteiger partial charge in [-0.1, -0.05) is 18.5 Å². The van der Waals surface area contributed by atoms with E-state index in [0.29, 0.717) is 0 Å². The van der Waals surface area contributed by atoms with Crippen molar-refractivity contribution in [2.45, 2.75) is 26.3 Å². The number of nitrogens with one attached hydrogen (secondary N) is 1. The molecule has 1 aromatic heterocycles. The average molecular weight is 273 g/mol. The lowest BCUT2D eigenvalue weighted by atomic mass is 9.97. The Balaban J connectivity index is 1.74. The predicted molar refractivity (Wildman–Crippen MR) is 75.9 cm³/mol. The largest absolute Gasteiger partial charge is 0.317 e. The van der Waals surface area contributed by atoms with Crippen LogP contribution in [-0.2, 0) is 6.54 Å². The highest BCUT2D eigenvalue weighted by Gasteiger charge is 2.19. The van der Waals surface area contributed by atoms with Crippen LogP contribution in [0, 0.1) is 5.92 Å². The molecule has 1 saturated heterocycles. The van der Waals surface area contributed by atoms with E-state index in [1.54, 1.807) is 11.3 Å². The summed E-state index contributed by atoms with van der Waals surface area (Å²) in [5, 5.41) is 6.46. The van der Waals surface area contributed by atoms with E-state index < -0.39 is 0 Å². The Morgan fingerprint density at radius 2 is 2.24 bits per heavy atom. The minimum atomic E-state index is 0.866. The summed E-state index contributed by atoms with van der Waals surface area (Å²) in [6, 6.07) is 2.00. The maximum atomic E-state index is 6.13. The van der Waals surface area contributed by atoms with Crippen LogP contribution in [0.5, 0.6) is 0 Å². The molecule has 17 heavy (non-hydrogen) atoms. The first-order chi connectivity index (χ1) is 8.29. The summed E-state index contributed by atoms with van der Waals surface area (Å²) in [6.07, 6.45) is 2.63. The van der Waals surface area contributed by atoms with E-state index in [0.717, 1.165) is 24.0 Å². The van der Waals surface area contributed by atoms with Gasteiger partial charge in [-0.05, 0) is 56.4 Å². The maximum Gasteiger partial charge on any atom is 0.0558 e. The number of thiophene rings is 1. The number of rotatable bonds is 5. The highest BCUT2D eigenvalue weighted by Crippen LogP contribution is 2.25. The van der Waals surface area contributed by atoms with Crippen LogP contribution in [0.4, 0.5) is 0 Å². The van der Waals surface area contributed by atoms with Crippen molar-refractivity contribution in [3.63, 3.8) is 0 Å². The van der Waals surface area contributed by atoms with Crippen molar-refractivity contribution in [3.05, 3.63) is 21.3 Å². The van der Waals surface area contributed by atoms with Gasteiger partial charge in [0.15, 0.2) is 0 Å². The molecule has 0 aromatic carbocycles. The first-order valence-electron chi connectivity index (χ1n) is 6.44. The van der Waals surface area contributed by atoms with Gasteiger partial charge in [-0.2, -0.15) is 0 Å². The molecule has 2 rings (SSSR count). The molecule has 0 bridgehead atoms. The minimum absolute atomic E-state index is 0.866. The van der Waals surface area contributed by atoms with Crippen LogP contribution in [0.1, 0.15) is 24.6 Å². The normalized spacial score (nSPS) is 18.7. The van der Waals surface area contributed by atoms with Gasteiger partial charge in [-0.3, -0.25) is 4.90 Å². The van der Waals surface area contributed by atoms with Crippen molar-refractivity contribution in [3.8, 4) is 0 Å². The number of halogens is 1. The zero-order chi connectivity index (χ0) is 12.1. The molecule has 1 N–H and O–H groups in total. The molecule has 0 amide bonds. The van der Waals surface area contributed by atoms with Crippen LogP contribution >= 0.6 is 22.9 Å². The fourth-order valence-electron chi connectivity index (χ4n) is 2.34. The van der Waals surface area contributed by atoms with Crippen molar-refractivity contribution in [1.29, 1.82) is 0 Å². The van der Waals surface area contributed by atoms with Crippen molar-refractivity contribution >= 4 is 22.9 Å². The molecule has 96 valence electrons. The van der Waals surface area contributed by atoms with Crippen molar-refractivity contribution in [1.82, 2.24) is 10.2 Å². The Kier molecular flexibility index (Phi) is 5.29. The monoisotopic (exact) mass is 272 g/mol. The zero-order valence-corrected chi connectivity index (χ0v) is 12.0. The first-order valence-corrected chi connectivity index (χ1v) is 7.70. The van der Waals surface area contributed by atoms with Gasteiger partial charge in [-0.15, -0.1) is 11.3 Å². The third kappa shape index (κ3) is 3.95. The number of nitrogens with zero attached hydrogens (tertiary/aromatic N) is 1. The highest BCUT2D eigenvalue weighted by molar-refractivity contribution is 7.10. The molecule has 1 aliphatic rings. The Labute approximate surface area is 113 Å². The molecule has 4 heteroatoms. The van der Waals surface area contributed by atoms with Crippen molar-refractivity contribution < 1.29 is 0 Å². The summed E-state index contributed by atoms with van der Waals surface area (Å²) in [6.45, 7) is 7.90. The highest BCUT2D eigenvalue weighted by atomic mass is 35.5. The molecule has 0 aliphatic carbocycles. The molecule has 1 aromatic rings. The van der Waals surface area contributed by atoms with Gasteiger partial charge in [0.05, 0.1) is 5.02 Å². The lowest BCUT2D eigenvalue weighted by Crippen LogP contribution is -2.36. The molecule has 0 unspecified atom stereocenters. The lowest BCUT2D eigenvalue weighted by Gasteiger charge is -2.31. The molecule has 1 fully saturated rings. The van der Waals surface area contributed by atoms with Crippen LogP contribution in [0.15, 0.2) is 11.4 Å². The number of hydrogen-bond acceptors (Lipinski definition) is 3. The molecule has 2 nitrogen and oxygen atoms in total. The van der Waals surface area contributed by atoms with Crippen molar-refractivity contribution in [2.24, 2.45) is 5.92 Å². The molecular weight excluding hydrogens is 252 g/mol. The van der Waals surface area contributed by atoms with Gasteiger partial charge in [0.2, 0.25) is 0 Å². The SMILES string of the molecule is CCNCC1CCN(Cc2sccc2Cl)CC1. The second-order valence-electron chi connectivity index (χ2n) is 4.72. The summed E-state index contributed by atoms with van der Waals surface area (Å²) in [5.74, 6) is 0.866. The topological polar surface area (TPSA) is 15.3 Å². The Morgan fingerprint density at radius 3 is 2.82 bits per heavy atom. The zero-order valence-electron chi connectivity index (χ0n) is 10.4. The minimum Gasteiger partial charge on any atom is -0.317 e. The van der Waals surface area contributed by atoms with E-state index in [9.17, 15) is 0 Å². The Bertz CT molecular complexity index is 332. The molecule has 0 saturated carbocycles. The fraction of sp³-hybridized carbons (Fsp3) is 0.692. The van der Waals surface area contributed by atoms with Crippen LogP contribution in [0.25, 0.3) is 0 Å². The molecule has 0 radical (unpaired) electrons. The number of likely N-dealkylation sites (tertiary alicyclic amines) is 1. The van der Waals surface area contributed by atoms with Crippen LogP contribution in [0.3, 0.4) is 0 Å². The predicted octanol–water partition coefficient (Wildman–Crippen LogP) is 3.22. The summed E-state index contributed by atoms with van der Waals surface area (Å²) < 4.78 is 0. The second kappa shape index (κ2) is 6.74. The van der Waals surface area contributed by atoms with Crippen LogP contribution < -0.4 is 5.32 Å². The first kappa shape index (κ1) is 13.3. The van der Waals surface area contributed by atoms with E-state index in [2.05, 4.69) is 22.5 Å². The van der Waals surface area contributed by atoms with Gasteiger partial charge in [0.25, 0.3) is 0 Å². The smallest absolute Gasteiger partial charge is 0.0558 e. The van der Waals surface area contributed by atoms with Gasteiger partial charge in [-0.25, -0.2) is 0 Å². The summed E-state index contributed by atoms with van der Waals surface area (Å²) in [5.41, 5.74) is 0. The van der Waals surface area contributed by atoms with E-state index in [1.165, 1.54) is 37.4 Å². The third-order valence-electron chi connectivity index (χ3n) is 3.45. The third-order valence-corrected chi connectivity index (χ3v) is 4.82. The average Bonchev–Trinajstić information content (AvgIpc) is 2.74. The fourth-order valence-corrected chi connectivity index (χ4v) is 3.48. The maximum absolute atomic E-state index is 6.13. The molecule has 2 heterocycles. The van der Waals surface area contributed by atoms with E-state index in [1.807, 2.05) is 6.07 Å². The van der Waals surface area contributed by atoms with Gasteiger partial charge < -0.3 is 5.32 Å². The second-order valence-corrected chi connectivity index (χ2v) is 6.13. The van der Waals surface area contributed by atoms with Crippen molar-refractivity contribution in [2.75, 3.05) is 26.2 Å². The molecule has 0 atom stereocenters. The van der Waals surface area contributed by atoms with Gasteiger partial charge in [0.1, 0.15) is 0 Å². The Hall–Kier alpha value is -0.0900. The molecule has 0 spiro atoms. The molecular formula is C13H21ClN2S. The lowest BCUT2D eigenvalue weighted by molar-refractivity contribution is 0.177. The van der Waals surface area contributed by atoms with E-state index >= 15 is 0 Å². The van der Waals surface area contributed by atoms with E-state index in [4.69, 9.17) is 11.6 Å². The number of hydrogen-bond donors (Lipinski definition) is 1. The quantitative estimate of drug-likeness (QED) is 0.885. The van der Waals surface area contributed by atoms with E-state index in [-0.39, 0.29) is 0 Å². The number of piperidine rings is 1.